The quantitative estimate of drug-likeness (QED) is 0.224. The Morgan fingerprint density at radius 2 is 1.71 bits per heavy atom. The number of anilines is 1. The summed E-state index contributed by atoms with van der Waals surface area (Å²) in [7, 11) is 0. The fourth-order valence-corrected chi connectivity index (χ4v) is 5.08. The number of Topliss-reactive ketones (excluding diaryl/α,β-unsaturated/α-hetero) is 1. The fourth-order valence-electron chi connectivity index (χ4n) is 3.48. The Balaban J connectivity index is 1.72. The van der Waals surface area contributed by atoms with Gasteiger partial charge in [-0.15, -0.1) is 23.2 Å². The second-order valence-electron chi connectivity index (χ2n) is 7.30. The molecule has 1 saturated carbocycles. The molecule has 0 spiro atoms. The third-order valence-corrected chi connectivity index (χ3v) is 6.76. The van der Waals surface area contributed by atoms with Crippen molar-refractivity contribution in [2.45, 2.75) is 35.9 Å². The van der Waals surface area contributed by atoms with Gasteiger partial charge >= 0.3 is 0 Å². The van der Waals surface area contributed by atoms with E-state index in [1.54, 1.807) is 30.3 Å². The van der Waals surface area contributed by atoms with Crippen LogP contribution in [0.5, 0.6) is 0 Å². The van der Waals surface area contributed by atoms with Gasteiger partial charge in [0.25, 0.3) is 0 Å². The standard InChI is InChI=1S/C22H17Cl5N2O2/c23-13-8-12(9-14(24)10-13)19-20(22(19,26)27)21(31)29-15-5-6-17(25)16(11-15)18(30)4-2-1-3-7-28/h5-6,8-11,19-20H,1-4H2,(H,29,31). The fraction of sp³-hybridized carbons (Fsp3) is 0.318. The molecule has 31 heavy (non-hydrogen) atoms. The van der Waals surface area contributed by atoms with Crippen LogP contribution in [0.4, 0.5) is 5.69 Å². The van der Waals surface area contributed by atoms with Gasteiger partial charge in [0.1, 0.15) is 4.33 Å². The number of nitrogens with zero attached hydrogens (tertiary/aromatic N) is 1. The number of nitriles is 1. The Morgan fingerprint density at radius 1 is 1.03 bits per heavy atom. The lowest BCUT2D eigenvalue weighted by atomic mass is 10.0. The summed E-state index contributed by atoms with van der Waals surface area (Å²) in [5, 5.41) is 12.5. The van der Waals surface area contributed by atoms with Crippen LogP contribution in [0.2, 0.25) is 15.1 Å². The highest BCUT2D eigenvalue weighted by atomic mass is 35.5. The van der Waals surface area contributed by atoms with E-state index in [1.807, 2.05) is 6.07 Å². The van der Waals surface area contributed by atoms with Crippen molar-refractivity contribution in [3.63, 3.8) is 0 Å². The largest absolute Gasteiger partial charge is 0.326 e. The van der Waals surface area contributed by atoms with E-state index < -0.39 is 16.2 Å². The van der Waals surface area contributed by atoms with Gasteiger partial charge in [0.15, 0.2) is 5.78 Å². The van der Waals surface area contributed by atoms with E-state index in [4.69, 9.17) is 63.3 Å². The molecule has 0 heterocycles. The summed E-state index contributed by atoms with van der Waals surface area (Å²) in [6.07, 6.45) is 1.90. The average molecular weight is 519 g/mol. The first-order chi connectivity index (χ1) is 14.6. The van der Waals surface area contributed by atoms with Crippen molar-refractivity contribution in [1.29, 1.82) is 5.26 Å². The van der Waals surface area contributed by atoms with Crippen LogP contribution in [-0.2, 0) is 4.79 Å². The first-order valence-corrected chi connectivity index (χ1v) is 11.4. The molecule has 0 radical (unpaired) electrons. The lowest BCUT2D eigenvalue weighted by Crippen LogP contribution is -2.17. The van der Waals surface area contributed by atoms with E-state index in [9.17, 15) is 9.59 Å². The highest BCUT2D eigenvalue weighted by Gasteiger charge is 2.67. The minimum absolute atomic E-state index is 0.152. The molecule has 0 aromatic heterocycles. The number of benzene rings is 2. The summed E-state index contributed by atoms with van der Waals surface area (Å²) < 4.78 is -1.30. The van der Waals surface area contributed by atoms with Crippen molar-refractivity contribution in [1.82, 2.24) is 0 Å². The molecular formula is C22H17Cl5N2O2. The van der Waals surface area contributed by atoms with Crippen LogP contribution in [0.3, 0.4) is 0 Å². The van der Waals surface area contributed by atoms with Gasteiger partial charge in [-0.05, 0) is 54.8 Å². The van der Waals surface area contributed by atoms with Crippen molar-refractivity contribution in [3.05, 3.63) is 62.6 Å². The molecule has 3 rings (SSSR count). The van der Waals surface area contributed by atoms with Crippen molar-refractivity contribution in [2.24, 2.45) is 5.92 Å². The van der Waals surface area contributed by atoms with Crippen LogP contribution < -0.4 is 5.32 Å². The van der Waals surface area contributed by atoms with E-state index >= 15 is 0 Å². The van der Waals surface area contributed by atoms with Crippen molar-refractivity contribution >= 4 is 75.4 Å². The summed E-state index contributed by atoms with van der Waals surface area (Å²) in [6.45, 7) is 0. The number of amides is 1. The number of ketones is 1. The Morgan fingerprint density at radius 3 is 2.35 bits per heavy atom. The molecule has 2 atom stereocenters. The van der Waals surface area contributed by atoms with Crippen LogP contribution in [0.25, 0.3) is 0 Å². The summed E-state index contributed by atoms with van der Waals surface area (Å²) in [6, 6.07) is 11.7. The number of alkyl halides is 2. The number of unbranched alkanes of at least 4 members (excludes halogenated alkanes) is 2. The minimum atomic E-state index is -1.30. The number of halogens is 5. The van der Waals surface area contributed by atoms with E-state index in [1.165, 1.54) is 6.07 Å². The Labute approximate surface area is 205 Å². The molecule has 1 amide bonds. The van der Waals surface area contributed by atoms with E-state index in [0.29, 0.717) is 51.1 Å². The molecule has 2 aromatic carbocycles. The first kappa shape index (κ1) is 24.2. The van der Waals surface area contributed by atoms with Gasteiger partial charge < -0.3 is 5.32 Å². The molecule has 1 aliphatic rings. The van der Waals surface area contributed by atoms with E-state index in [0.717, 1.165) is 0 Å². The molecule has 2 unspecified atom stereocenters. The number of carbonyl (C=O) groups excluding carboxylic acids is 2. The lowest BCUT2D eigenvalue weighted by Gasteiger charge is -2.09. The summed E-state index contributed by atoms with van der Waals surface area (Å²) in [5.41, 5.74) is 1.40. The molecule has 1 fully saturated rings. The summed E-state index contributed by atoms with van der Waals surface area (Å²) >= 11 is 31.0. The van der Waals surface area contributed by atoms with Crippen molar-refractivity contribution < 1.29 is 9.59 Å². The molecule has 1 aliphatic carbocycles. The van der Waals surface area contributed by atoms with Crippen molar-refractivity contribution in [2.75, 3.05) is 5.32 Å². The first-order valence-electron chi connectivity index (χ1n) is 9.49. The van der Waals surface area contributed by atoms with Crippen LogP contribution in [0.1, 0.15) is 47.5 Å². The highest BCUT2D eigenvalue weighted by molar-refractivity contribution is 6.53. The second-order valence-corrected chi connectivity index (χ2v) is 10.0. The molecule has 0 saturated heterocycles. The monoisotopic (exact) mass is 516 g/mol. The molecular weight excluding hydrogens is 502 g/mol. The molecule has 0 aliphatic heterocycles. The zero-order chi connectivity index (χ0) is 22.8. The third-order valence-electron chi connectivity index (χ3n) is 5.06. The number of hydrogen-bond acceptors (Lipinski definition) is 3. The lowest BCUT2D eigenvalue weighted by molar-refractivity contribution is -0.117. The average Bonchev–Trinajstić information content (AvgIpc) is 3.28. The SMILES string of the molecule is N#CCCCCC(=O)c1cc(NC(=O)C2C(c3cc(Cl)cc(Cl)c3)C2(Cl)Cl)ccc1Cl. The van der Waals surface area contributed by atoms with Crippen LogP contribution in [-0.4, -0.2) is 16.0 Å². The topological polar surface area (TPSA) is 70.0 Å². The van der Waals surface area contributed by atoms with Crippen molar-refractivity contribution in [3.8, 4) is 6.07 Å². The van der Waals surface area contributed by atoms with Crippen LogP contribution in [0, 0.1) is 17.2 Å². The van der Waals surface area contributed by atoms with Gasteiger partial charge in [-0.1, -0.05) is 34.8 Å². The van der Waals surface area contributed by atoms with Crippen LogP contribution in [0.15, 0.2) is 36.4 Å². The predicted molar refractivity (Wildman–Crippen MR) is 126 cm³/mol. The van der Waals surface area contributed by atoms with Gasteiger partial charge in [0, 0.05) is 40.1 Å². The van der Waals surface area contributed by atoms with Gasteiger partial charge in [-0.25, -0.2) is 0 Å². The normalized spacial score (nSPS) is 18.8. The maximum atomic E-state index is 12.9. The maximum Gasteiger partial charge on any atom is 0.231 e. The van der Waals surface area contributed by atoms with E-state index in [2.05, 4.69) is 5.32 Å². The third kappa shape index (κ3) is 5.66. The summed E-state index contributed by atoms with van der Waals surface area (Å²) in [5.74, 6) is -1.73. The Bertz CT molecular complexity index is 1040. The molecule has 0 bridgehead atoms. The van der Waals surface area contributed by atoms with Gasteiger partial charge in [0.05, 0.1) is 17.0 Å². The van der Waals surface area contributed by atoms with E-state index in [-0.39, 0.29) is 18.1 Å². The number of nitrogens with one attached hydrogen (secondary N) is 1. The minimum Gasteiger partial charge on any atom is -0.326 e. The Kier molecular flexibility index (Phi) is 7.78. The zero-order valence-electron chi connectivity index (χ0n) is 16.1. The number of rotatable bonds is 8. The highest BCUT2D eigenvalue weighted by Crippen LogP contribution is 2.65. The molecule has 9 heteroatoms. The number of hydrogen-bond donors (Lipinski definition) is 1. The number of carbonyl (C=O) groups is 2. The molecule has 4 nitrogen and oxygen atoms in total. The predicted octanol–water partition coefficient (Wildman–Crippen LogP) is 7.44. The van der Waals surface area contributed by atoms with Gasteiger partial charge in [0.2, 0.25) is 5.91 Å². The van der Waals surface area contributed by atoms with Gasteiger partial charge in [-0.2, -0.15) is 5.26 Å². The smallest absolute Gasteiger partial charge is 0.231 e. The zero-order valence-corrected chi connectivity index (χ0v) is 19.9. The maximum absolute atomic E-state index is 12.9. The molecule has 2 aromatic rings. The molecule has 162 valence electrons. The van der Waals surface area contributed by atoms with Crippen LogP contribution >= 0.6 is 58.0 Å². The van der Waals surface area contributed by atoms with Gasteiger partial charge in [-0.3, -0.25) is 9.59 Å². The molecule has 1 N–H and O–H groups in total. The Hall–Kier alpha value is -1.48. The second kappa shape index (κ2) is 9.98. The summed E-state index contributed by atoms with van der Waals surface area (Å²) in [4.78, 5) is 25.3.